The van der Waals surface area contributed by atoms with Gasteiger partial charge in [-0.05, 0) is 61.7 Å². The molecule has 1 N–H and O–H groups in total. The average Bonchev–Trinajstić information content (AvgIpc) is 3.19. The highest BCUT2D eigenvalue weighted by Crippen LogP contribution is 2.28. The van der Waals surface area contributed by atoms with Crippen LogP contribution in [0.25, 0.3) is 5.69 Å². The number of hydrogen-bond donors (Lipinski definition) is 1. The standard InChI is InChI=1S/C25H24N4OS/c1-19-20(18-29(28-19)21-11-4-2-5-12-21)10-8-16-26-24(30)23-15-9-17-27-25(23)31-22-13-6-3-7-14-22/h2-7,9,11-15,17-18H,8,10,16H2,1H3,(H,26,30). The van der Waals surface area contributed by atoms with Gasteiger partial charge in [0.1, 0.15) is 5.03 Å². The monoisotopic (exact) mass is 428 g/mol. The van der Waals surface area contributed by atoms with Crippen molar-refractivity contribution >= 4 is 17.7 Å². The van der Waals surface area contributed by atoms with E-state index in [1.54, 1.807) is 12.3 Å². The van der Waals surface area contributed by atoms with Crippen molar-refractivity contribution in [1.29, 1.82) is 0 Å². The number of amides is 1. The maximum atomic E-state index is 12.7. The number of para-hydroxylation sites is 1. The second-order valence-electron chi connectivity index (χ2n) is 7.15. The molecule has 5 nitrogen and oxygen atoms in total. The predicted octanol–water partition coefficient (Wildman–Crippen LogP) is 5.09. The average molecular weight is 429 g/mol. The molecule has 0 bridgehead atoms. The van der Waals surface area contributed by atoms with Crippen molar-refractivity contribution < 1.29 is 4.79 Å². The molecule has 0 aliphatic carbocycles. The van der Waals surface area contributed by atoms with Gasteiger partial charge in [0.05, 0.1) is 16.9 Å². The Balaban J connectivity index is 1.33. The van der Waals surface area contributed by atoms with Crippen LogP contribution in [0.15, 0.2) is 95.1 Å². The van der Waals surface area contributed by atoms with Gasteiger partial charge in [-0.25, -0.2) is 9.67 Å². The van der Waals surface area contributed by atoms with Crippen LogP contribution < -0.4 is 5.32 Å². The Bertz CT molecular complexity index is 1140. The Morgan fingerprint density at radius 2 is 1.74 bits per heavy atom. The molecule has 2 aromatic heterocycles. The zero-order chi connectivity index (χ0) is 21.5. The van der Waals surface area contributed by atoms with Crippen molar-refractivity contribution in [1.82, 2.24) is 20.1 Å². The smallest absolute Gasteiger partial charge is 0.254 e. The molecule has 0 radical (unpaired) electrons. The van der Waals surface area contributed by atoms with Crippen molar-refractivity contribution in [3.8, 4) is 5.69 Å². The molecular weight excluding hydrogens is 404 g/mol. The number of aryl methyl sites for hydroxylation is 2. The summed E-state index contributed by atoms with van der Waals surface area (Å²) in [5.41, 5.74) is 3.86. The number of nitrogens with zero attached hydrogens (tertiary/aromatic N) is 3. The molecule has 1 amide bonds. The molecule has 0 unspecified atom stereocenters. The Labute approximate surface area is 186 Å². The Kier molecular flexibility index (Phi) is 6.79. The molecule has 0 saturated carbocycles. The van der Waals surface area contributed by atoms with Gasteiger partial charge in [0, 0.05) is 23.8 Å². The van der Waals surface area contributed by atoms with Crippen LogP contribution in [0, 0.1) is 6.92 Å². The van der Waals surface area contributed by atoms with E-state index in [0.717, 1.165) is 29.1 Å². The molecule has 0 atom stereocenters. The summed E-state index contributed by atoms with van der Waals surface area (Å²) in [5, 5.41) is 8.36. The number of hydrogen-bond acceptors (Lipinski definition) is 4. The van der Waals surface area contributed by atoms with Gasteiger partial charge in [-0.2, -0.15) is 5.10 Å². The summed E-state index contributed by atoms with van der Waals surface area (Å²) in [4.78, 5) is 18.2. The highest BCUT2D eigenvalue weighted by Gasteiger charge is 2.13. The van der Waals surface area contributed by atoms with Crippen molar-refractivity contribution in [3.63, 3.8) is 0 Å². The van der Waals surface area contributed by atoms with Gasteiger partial charge < -0.3 is 5.32 Å². The zero-order valence-corrected chi connectivity index (χ0v) is 18.2. The number of aromatic nitrogens is 3. The largest absolute Gasteiger partial charge is 0.352 e. The minimum absolute atomic E-state index is 0.0942. The van der Waals surface area contributed by atoms with Crippen LogP contribution in [0.4, 0.5) is 0 Å². The first-order chi connectivity index (χ1) is 15.2. The van der Waals surface area contributed by atoms with E-state index < -0.39 is 0 Å². The van der Waals surface area contributed by atoms with E-state index in [-0.39, 0.29) is 5.91 Å². The number of carbonyl (C=O) groups is 1. The molecule has 6 heteroatoms. The molecule has 2 aromatic carbocycles. The summed E-state index contributed by atoms with van der Waals surface area (Å²) >= 11 is 1.50. The Morgan fingerprint density at radius 3 is 2.52 bits per heavy atom. The molecule has 0 fully saturated rings. The first-order valence-electron chi connectivity index (χ1n) is 10.3. The van der Waals surface area contributed by atoms with Crippen LogP contribution in [0.1, 0.15) is 28.0 Å². The third-order valence-corrected chi connectivity index (χ3v) is 5.93. The fraction of sp³-hybridized carbons (Fsp3) is 0.160. The maximum Gasteiger partial charge on any atom is 0.254 e. The number of rotatable bonds is 8. The number of pyridine rings is 1. The van der Waals surface area contributed by atoms with E-state index in [1.165, 1.54) is 17.3 Å². The second-order valence-corrected chi connectivity index (χ2v) is 8.21. The normalized spacial score (nSPS) is 10.7. The molecule has 4 rings (SSSR count). The minimum atomic E-state index is -0.0942. The van der Waals surface area contributed by atoms with Crippen molar-refractivity contribution in [2.24, 2.45) is 0 Å². The van der Waals surface area contributed by atoms with Crippen molar-refractivity contribution in [3.05, 3.63) is 102 Å². The lowest BCUT2D eigenvalue weighted by Crippen LogP contribution is -2.25. The molecule has 156 valence electrons. The van der Waals surface area contributed by atoms with Gasteiger partial charge in [-0.3, -0.25) is 4.79 Å². The third kappa shape index (κ3) is 5.41. The van der Waals surface area contributed by atoms with Gasteiger partial charge in [-0.15, -0.1) is 0 Å². The summed E-state index contributed by atoms with van der Waals surface area (Å²) in [6.07, 6.45) is 5.49. The first kappa shape index (κ1) is 20.9. The second kappa shape index (κ2) is 10.1. The van der Waals surface area contributed by atoms with Crippen LogP contribution in [0.5, 0.6) is 0 Å². The SMILES string of the molecule is Cc1nn(-c2ccccc2)cc1CCCNC(=O)c1cccnc1Sc1ccccc1. The first-order valence-corrected chi connectivity index (χ1v) is 11.1. The van der Waals surface area contributed by atoms with E-state index in [0.29, 0.717) is 17.1 Å². The number of benzene rings is 2. The van der Waals surface area contributed by atoms with Gasteiger partial charge >= 0.3 is 0 Å². The van der Waals surface area contributed by atoms with E-state index in [4.69, 9.17) is 0 Å². The molecule has 0 spiro atoms. The molecule has 0 saturated heterocycles. The van der Waals surface area contributed by atoms with E-state index >= 15 is 0 Å². The topological polar surface area (TPSA) is 59.8 Å². The lowest BCUT2D eigenvalue weighted by Gasteiger charge is -2.09. The van der Waals surface area contributed by atoms with Crippen LogP contribution in [-0.4, -0.2) is 27.2 Å². The molecule has 4 aromatic rings. The van der Waals surface area contributed by atoms with Gasteiger partial charge in [0.2, 0.25) is 0 Å². The molecule has 0 aliphatic heterocycles. The van der Waals surface area contributed by atoms with Crippen LogP contribution >= 0.6 is 11.8 Å². The third-order valence-electron chi connectivity index (χ3n) is 4.90. The molecule has 2 heterocycles. The zero-order valence-electron chi connectivity index (χ0n) is 17.4. The van der Waals surface area contributed by atoms with Crippen LogP contribution in [0.3, 0.4) is 0 Å². The molecule has 31 heavy (non-hydrogen) atoms. The quantitative estimate of drug-likeness (QED) is 0.397. The fourth-order valence-corrected chi connectivity index (χ4v) is 4.18. The number of carbonyl (C=O) groups excluding carboxylic acids is 1. The highest BCUT2D eigenvalue weighted by molar-refractivity contribution is 7.99. The fourth-order valence-electron chi connectivity index (χ4n) is 3.28. The van der Waals surface area contributed by atoms with E-state index in [1.807, 2.05) is 78.3 Å². The Morgan fingerprint density at radius 1 is 1.00 bits per heavy atom. The van der Waals surface area contributed by atoms with Crippen molar-refractivity contribution in [2.75, 3.05) is 6.54 Å². The summed E-state index contributed by atoms with van der Waals surface area (Å²) in [5.74, 6) is -0.0942. The lowest BCUT2D eigenvalue weighted by atomic mass is 10.1. The summed E-state index contributed by atoms with van der Waals surface area (Å²) in [7, 11) is 0. The lowest BCUT2D eigenvalue weighted by molar-refractivity contribution is 0.0949. The minimum Gasteiger partial charge on any atom is -0.352 e. The van der Waals surface area contributed by atoms with E-state index in [9.17, 15) is 4.79 Å². The van der Waals surface area contributed by atoms with E-state index in [2.05, 4.69) is 21.6 Å². The molecular formula is C25H24N4OS. The summed E-state index contributed by atoms with van der Waals surface area (Å²) < 4.78 is 1.91. The predicted molar refractivity (Wildman–Crippen MR) is 124 cm³/mol. The highest BCUT2D eigenvalue weighted by atomic mass is 32.2. The maximum absolute atomic E-state index is 12.7. The summed E-state index contributed by atoms with van der Waals surface area (Å²) in [6, 6.07) is 23.7. The van der Waals surface area contributed by atoms with Gasteiger partial charge in [-0.1, -0.05) is 48.2 Å². The van der Waals surface area contributed by atoms with Crippen molar-refractivity contribution in [2.45, 2.75) is 29.7 Å². The number of nitrogens with one attached hydrogen (secondary N) is 1. The van der Waals surface area contributed by atoms with Gasteiger partial charge in [0.15, 0.2) is 0 Å². The molecule has 0 aliphatic rings. The van der Waals surface area contributed by atoms with Crippen LogP contribution in [-0.2, 0) is 6.42 Å². The van der Waals surface area contributed by atoms with Gasteiger partial charge in [0.25, 0.3) is 5.91 Å². The Hall–Kier alpha value is -3.38. The van der Waals surface area contributed by atoms with Crippen LogP contribution in [0.2, 0.25) is 0 Å². The summed E-state index contributed by atoms with van der Waals surface area (Å²) in [6.45, 7) is 2.62.